The lowest BCUT2D eigenvalue weighted by molar-refractivity contribution is -0.136. The number of hydrogen-bond donors (Lipinski definition) is 1. The molecule has 4 nitrogen and oxygen atoms in total. The van der Waals surface area contributed by atoms with Crippen molar-refractivity contribution in [1.82, 2.24) is 4.90 Å². The van der Waals surface area contributed by atoms with Crippen molar-refractivity contribution in [3.63, 3.8) is 0 Å². The minimum absolute atomic E-state index is 0.00774. The molecule has 25 heavy (non-hydrogen) atoms. The number of nitrogens with one attached hydrogen (secondary N) is 1. The van der Waals surface area contributed by atoms with Gasteiger partial charge in [-0.1, -0.05) is 61.9 Å². The highest BCUT2D eigenvalue weighted by Gasteiger charge is 2.33. The number of amides is 2. The Balaban J connectivity index is 2.15. The summed E-state index contributed by atoms with van der Waals surface area (Å²) >= 11 is 0. The summed E-state index contributed by atoms with van der Waals surface area (Å²) in [6.45, 7) is 6.13. The SMILES string of the molecule is Cc1ccc2c(c1)[C@H](c1ccccc1)N(C(=O)CC(C)C)CC(=O)N2. The first-order valence-electron chi connectivity index (χ1n) is 8.70. The van der Waals surface area contributed by atoms with E-state index in [1.807, 2.05) is 63.2 Å². The summed E-state index contributed by atoms with van der Waals surface area (Å²) in [7, 11) is 0. The number of hydrogen-bond acceptors (Lipinski definition) is 2. The molecule has 1 aliphatic rings. The van der Waals surface area contributed by atoms with Gasteiger partial charge in [0.05, 0.1) is 6.04 Å². The summed E-state index contributed by atoms with van der Waals surface area (Å²) < 4.78 is 0. The molecule has 2 aromatic rings. The smallest absolute Gasteiger partial charge is 0.244 e. The standard InChI is InChI=1S/C21H24N2O2/c1-14(2)11-20(25)23-13-19(24)22-18-10-9-15(3)12-17(18)21(23)16-7-5-4-6-8-16/h4-10,12,14,21H,11,13H2,1-3H3,(H,22,24)/t21-/m0/s1. The van der Waals surface area contributed by atoms with Gasteiger partial charge in [-0.3, -0.25) is 9.59 Å². The Bertz CT molecular complexity index is 784. The number of rotatable bonds is 3. The van der Waals surface area contributed by atoms with Crippen molar-refractivity contribution >= 4 is 17.5 Å². The zero-order valence-electron chi connectivity index (χ0n) is 15.0. The molecule has 0 unspecified atom stereocenters. The van der Waals surface area contributed by atoms with Crippen LogP contribution >= 0.6 is 0 Å². The molecule has 0 radical (unpaired) electrons. The summed E-state index contributed by atoms with van der Waals surface area (Å²) in [4.78, 5) is 27.1. The van der Waals surface area contributed by atoms with Crippen LogP contribution < -0.4 is 5.32 Å². The molecule has 0 aromatic heterocycles. The molecule has 0 bridgehead atoms. The van der Waals surface area contributed by atoms with E-state index in [0.29, 0.717) is 6.42 Å². The lowest BCUT2D eigenvalue weighted by Gasteiger charge is -2.31. The highest BCUT2D eigenvalue weighted by molar-refractivity contribution is 5.97. The van der Waals surface area contributed by atoms with E-state index in [9.17, 15) is 9.59 Å². The number of fused-ring (bicyclic) bond motifs is 1. The van der Waals surface area contributed by atoms with Gasteiger partial charge in [0.15, 0.2) is 0 Å². The minimum atomic E-state index is -0.263. The molecule has 1 atom stereocenters. The minimum Gasteiger partial charge on any atom is -0.324 e. The van der Waals surface area contributed by atoms with E-state index in [0.717, 1.165) is 22.4 Å². The van der Waals surface area contributed by atoms with E-state index in [4.69, 9.17) is 0 Å². The van der Waals surface area contributed by atoms with Crippen molar-refractivity contribution in [2.45, 2.75) is 33.2 Å². The quantitative estimate of drug-likeness (QED) is 0.924. The third-order valence-electron chi connectivity index (χ3n) is 4.42. The number of carbonyl (C=O) groups excluding carboxylic acids is 2. The van der Waals surface area contributed by atoms with Crippen LogP contribution in [-0.4, -0.2) is 23.3 Å². The van der Waals surface area contributed by atoms with Gasteiger partial charge in [0, 0.05) is 17.7 Å². The van der Waals surface area contributed by atoms with E-state index in [1.165, 1.54) is 0 Å². The molecular weight excluding hydrogens is 312 g/mol. The summed E-state index contributed by atoms with van der Waals surface area (Å²) in [6.07, 6.45) is 0.428. The highest BCUT2D eigenvalue weighted by atomic mass is 16.2. The fourth-order valence-electron chi connectivity index (χ4n) is 3.32. The predicted octanol–water partition coefficient (Wildman–Crippen LogP) is 3.91. The van der Waals surface area contributed by atoms with Gasteiger partial charge >= 0.3 is 0 Å². The largest absolute Gasteiger partial charge is 0.324 e. The fourth-order valence-corrected chi connectivity index (χ4v) is 3.32. The Hall–Kier alpha value is -2.62. The Kier molecular flexibility index (Phi) is 4.88. The van der Waals surface area contributed by atoms with Gasteiger partial charge in [0.1, 0.15) is 6.54 Å². The first kappa shape index (κ1) is 17.2. The second-order valence-electron chi connectivity index (χ2n) is 7.07. The lowest BCUT2D eigenvalue weighted by atomic mass is 9.94. The number of nitrogens with zero attached hydrogens (tertiary/aromatic N) is 1. The van der Waals surface area contributed by atoms with E-state index >= 15 is 0 Å². The maximum absolute atomic E-state index is 12.9. The van der Waals surface area contributed by atoms with Crippen LogP contribution in [0.5, 0.6) is 0 Å². The van der Waals surface area contributed by atoms with E-state index < -0.39 is 0 Å². The molecule has 2 amide bonds. The van der Waals surface area contributed by atoms with Gasteiger partial charge in [-0.05, 0) is 24.5 Å². The van der Waals surface area contributed by atoms with Crippen LogP contribution in [0.15, 0.2) is 48.5 Å². The second kappa shape index (κ2) is 7.09. The highest BCUT2D eigenvalue weighted by Crippen LogP contribution is 2.36. The molecule has 0 spiro atoms. The number of aryl methyl sites for hydroxylation is 1. The van der Waals surface area contributed by atoms with Crippen molar-refractivity contribution in [2.24, 2.45) is 5.92 Å². The Morgan fingerprint density at radius 3 is 2.60 bits per heavy atom. The molecule has 1 heterocycles. The van der Waals surface area contributed by atoms with Gasteiger partial charge in [-0.25, -0.2) is 0 Å². The molecule has 0 fully saturated rings. The summed E-state index contributed by atoms with van der Waals surface area (Å²) in [5, 5.41) is 2.95. The van der Waals surface area contributed by atoms with Gasteiger partial charge < -0.3 is 10.2 Å². The average molecular weight is 336 g/mol. The summed E-state index contributed by atoms with van der Waals surface area (Å²) in [5.41, 5.74) is 3.87. The van der Waals surface area contributed by atoms with Gasteiger partial charge in [0.25, 0.3) is 0 Å². The third kappa shape index (κ3) is 3.73. The topological polar surface area (TPSA) is 49.4 Å². The van der Waals surface area contributed by atoms with Gasteiger partial charge in [-0.15, -0.1) is 0 Å². The Morgan fingerprint density at radius 1 is 1.20 bits per heavy atom. The fraction of sp³-hybridized carbons (Fsp3) is 0.333. The molecule has 2 aromatic carbocycles. The Labute approximate surface area is 148 Å². The van der Waals surface area contributed by atoms with Crippen molar-refractivity contribution in [1.29, 1.82) is 0 Å². The molecule has 1 N–H and O–H groups in total. The van der Waals surface area contributed by atoms with E-state index in [1.54, 1.807) is 4.90 Å². The van der Waals surface area contributed by atoms with Crippen LogP contribution in [0.2, 0.25) is 0 Å². The molecule has 130 valence electrons. The maximum atomic E-state index is 12.9. The molecule has 3 rings (SSSR count). The first-order valence-corrected chi connectivity index (χ1v) is 8.70. The number of anilines is 1. The average Bonchev–Trinajstić information content (AvgIpc) is 2.71. The lowest BCUT2D eigenvalue weighted by Crippen LogP contribution is -2.39. The molecule has 0 aliphatic carbocycles. The molecule has 0 saturated heterocycles. The zero-order chi connectivity index (χ0) is 18.0. The van der Waals surface area contributed by atoms with Crippen molar-refractivity contribution in [2.75, 3.05) is 11.9 Å². The van der Waals surface area contributed by atoms with Gasteiger partial charge in [-0.2, -0.15) is 0 Å². The van der Waals surface area contributed by atoms with Crippen molar-refractivity contribution in [3.8, 4) is 0 Å². The molecule has 1 aliphatic heterocycles. The van der Waals surface area contributed by atoms with Gasteiger partial charge in [0.2, 0.25) is 11.8 Å². The first-order chi connectivity index (χ1) is 12.0. The van der Waals surface area contributed by atoms with Crippen molar-refractivity contribution < 1.29 is 9.59 Å². The number of carbonyl (C=O) groups is 2. The van der Waals surface area contributed by atoms with E-state index in [-0.39, 0.29) is 30.3 Å². The second-order valence-corrected chi connectivity index (χ2v) is 7.07. The predicted molar refractivity (Wildman–Crippen MR) is 99.3 cm³/mol. The van der Waals surface area contributed by atoms with Crippen LogP contribution in [0.3, 0.4) is 0 Å². The molecule has 0 saturated carbocycles. The van der Waals surface area contributed by atoms with Crippen molar-refractivity contribution in [3.05, 3.63) is 65.2 Å². The van der Waals surface area contributed by atoms with Crippen LogP contribution in [0.25, 0.3) is 0 Å². The summed E-state index contributed by atoms with van der Waals surface area (Å²) in [6, 6.07) is 15.6. The summed E-state index contributed by atoms with van der Waals surface area (Å²) in [5.74, 6) is 0.0983. The van der Waals surface area contributed by atoms with Crippen LogP contribution in [-0.2, 0) is 9.59 Å². The monoisotopic (exact) mass is 336 g/mol. The normalized spacial score (nSPS) is 17.0. The van der Waals surface area contributed by atoms with Crippen LogP contribution in [0, 0.1) is 12.8 Å². The van der Waals surface area contributed by atoms with Crippen LogP contribution in [0.1, 0.15) is 43.0 Å². The zero-order valence-corrected chi connectivity index (χ0v) is 15.0. The maximum Gasteiger partial charge on any atom is 0.244 e. The molecule has 4 heteroatoms. The van der Waals surface area contributed by atoms with Crippen LogP contribution in [0.4, 0.5) is 5.69 Å². The third-order valence-corrected chi connectivity index (χ3v) is 4.42. The Morgan fingerprint density at radius 2 is 1.92 bits per heavy atom. The van der Waals surface area contributed by atoms with E-state index in [2.05, 4.69) is 11.4 Å². The molecular formula is C21H24N2O2. The number of benzene rings is 2.